The van der Waals surface area contributed by atoms with Crippen LogP contribution in [-0.4, -0.2) is 92.9 Å². The third kappa shape index (κ3) is 8.12. The first kappa shape index (κ1) is 24.5. The molecule has 0 radical (unpaired) electrons. The highest BCUT2D eigenvalue weighted by Crippen LogP contribution is 2.17. The minimum absolute atomic E-state index is 0.00321. The van der Waals surface area contributed by atoms with Gasteiger partial charge in [0.25, 0.3) is 0 Å². The Hall–Kier alpha value is -2.75. The van der Waals surface area contributed by atoms with Crippen LogP contribution < -0.4 is 10.6 Å². The van der Waals surface area contributed by atoms with Crippen molar-refractivity contribution in [2.45, 2.75) is 44.9 Å². The van der Waals surface area contributed by atoms with Gasteiger partial charge >= 0.3 is 6.09 Å². The number of methoxy groups -OCH3 is 1. The van der Waals surface area contributed by atoms with E-state index in [1.165, 1.54) is 4.90 Å². The smallest absolute Gasteiger partial charge is 0.410 e. The number of rotatable bonds is 7. The average molecular weight is 438 g/mol. The maximum Gasteiger partial charge on any atom is 0.410 e. The molecule has 0 aromatic carbocycles. The van der Waals surface area contributed by atoms with Crippen LogP contribution in [0.15, 0.2) is 27.8 Å². The highest BCUT2D eigenvalue weighted by molar-refractivity contribution is 5.85. The number of likely N-dealkylation sites (tertiary alicyclic amines) is 1. The minimum atomic E-state index is -0.572. The molecule has 2 rings (SSSR count). The molecule has 174 valence electrons. The van der Waals surface area contributed by atoms with Gasteiger partial charge in [0, 0.05) is 40.7 Å². The molecule has 2 heterocycles. The van der Waals surface area contributed by atoms with Crippen molar-refractivity contribution in [1.29, 1.82) is 0 Å². The summed E-state index contributed by atoms with van der Waals surface area (Å²) in [6, 6.07) is 3.53. The molecule has 1 saturated heterocycles. The van der Waals surface area contributed by atoms with E-state index in [2.05, 4.69) is 15.6 Å². The van der Waals surface area contributed by atoms with Crippen LogP contribution >= 0.6 is 0 Å². The zero-order chi connectivity index (χ0) is 23.0. The molecule has 2 N–H and O–H groups in total. The van der Waals surface area contributed by atoms with Crippen molar-refractivity contribution in [3.63, 3.8) is 0 Å². The fourth-order valence-electron chi connectivity index (χ4n) is 3.00. The number of carbonyl (C=O) groups excluding carboxylic acids is 2. The molecular weight excluding hydrogens is 402 g/mol. The zero-order valence-corrected chi connectivity index (χ0v) is 19.3. The number of furan rings is 1. The Kier molecular flexibility index (Phi) is 8.73. The Balaban J connectivity index is 2.03. The number of nitrogens with one attached hydrogen (secondary N) is 2. The summed E-state index contributed by atoms with van der Waals surface area (Å²) in [6.45, 7) is 6.87. The predicted octanol–water partition coefficient (Wildman–Crippen LogP) is 1.08. The second-order valence-corrected chi connectivity index (χ2v) is 8.62. The van der Waals surface area contributed by atoms with Gasteiger partial charge in [-0.25, -0.2) is 9.79 Å². The first-order valence-electron chi connectivity index (χ1n) is 10.4. The highest BCUT2D eigenvalue weighted by atomic mass is 16.6. The number of ether oxygens (including phenoxy) is 2. The Morgan fingerprint density at radius 3 is 2.65 bits per heavy atom. The monoisotopic (exact) mass is 437 g/mol. The topological polar surface area (TPSA) is 109 Å². The van der Waals surface area contributed by atoms with Crippen LogP contribution in [-0.2, 0) is 20.7 Å². The molecule has 0 aliphatic carbocycles. The second-order valence-electron chi connectivity index (χ2n) is 8.62. The lowest BCUT2D eigenvalue weighted by Gasteiger charge is -2.24. The number of guanidine groups is 1. The molecule has 1 unspecified atom stereocenters. The fourth-order valence-corrected chi connectivity index (χ4v) is 3.00. The van der Waals surface area contributed by atoms with Gasteiger partial charge in [-0.3, -0.25) is 4.79 Å². The van der Waals surface area contributed by atoms with E-state index in [4.69, 9.17) is 13.9 Å². The molecule has 1 aromatic heterocycles. The first-order chi connectivity index (χ1) is 14.6. The van der Waals surface area contributed by atoms with E-state index in [1.807, 2.05) is 32.9 Å². The molecule has 1 aromatic rings. The standard InChI is InChI=1S/C21H35N5O5/c1-21(2,3)31-20(28)26-13-16(17(14-26)29-6)24-19(23-12-18(27)25(4)5)22-10-9-15-8-7-11-30-15/h7-8,11,16-17H,9-10,12-14H2,1-6H3,(H2,22,23,24)/t16?,17-/m0/s1. The van der Waals surface area contributed by atoms with Crippen LogP contribution in [0.3, 0.4) is 0 Å². The van der Waals surface area contributed by atoms with Gasteiger partial charge < -0.3 is 34.3 Å². The summed E-state index contributed by atoms with van der Waals surface area (Å²) in [7, 11) is 4.98. The molecular formula is C21H35N5O5. The second kappa shape index (κ2) is 11.0. The molecule has 1 fully saturated rings. The molecule has 2 atom stereocenters. The zero-order valence-electron chi connectivity index (χ0n) is 19.3. The maximum absolute atomic E-state index is 12.5. The van der Waals surface area contributed by atoms with Crippen molar-refractivity contribution in [2.24, 2.45) is 4.99 Å². The van der Waals surface area contributed by atoms with Gasteiger partial charge in [0.15, 0.2) is 5.96 Å². The summed E-state index contributed by atoms with van der Waals surface area (Å²) < 4.78 is 16.4. The Morgan fingerprint density at radius 2 is 2.06 bits per heavy atom. The number of aliphatic imine (C=N–C) groups is 1. The number of hydrogen-bond acceptors (Lipinski definition) is 6. The van der Waals surface area contributed by atoms with Crippen molar-refractivity contribution in [1.82, 2.24) is 20.4 Å². The molecule has 0 saturated carbocycles. The number of amides is 2. The Labute approximate surface area is 183 Å². The maximum atomic E-state index is 12.5. The normalized spacial score (nSPS) is 19.3. The van der Waals surface area contributed by atoms with Crippen LogP contribution in [0.2, 0.25) is 0 Å². The summed E-state index contributed by atoms with van der Waals surface area (Å²) >= 11 is 0. The van der Waals surface area contributed by atoms with Gasteiger partial charge in [-0.15, -0.1) is 0 Å². The number of carbonyl (C=O) groups is 2. The largest absolute Gasteiger partial charge is 0.469 e. The number of likely N-dealkylation sites (N-methyl/N-ethyl adjacent to an activating group) is 1. The van der Waals surface area contributed by atoms with E-state index in [0.717, 1.165) is 5.76 Å². The van der Waals surface area contributed by atoms with Gasteiger partial charge in [-0.05, 0) is 32.9 Å². The SMILES string of the molecule is CO[C@H]1CN(C(=O)OC(C)(C)C)CC1NC(=NCC(=O)N(C)C)NCCc1ccco1. The first-order valence-corrected chi connectivity index (χ1v) is 10.4. The quantitative estimate of drug-likeness (QED) is 0.485. The molecule has 1 aliphatic rings. The summed E-state index contributed by atoms with van der Waals surface area (Å²) in [5.74, 6) is 1.21. The van der Waals surface area contributed by atoms with Crippen LogP contribution in [0, 0.1) is 0 Å². The van der Waals surface area contributed by atoms with Crippen LogP contribution in [0.5, 0.6) is 0 Å². The lowest BCUT2D eigenvalue weighted by molar-refractivity contribution is -0.127. The fraction of sp³-hybridized carbons (Fsp3) is 0.667. The van der Waals surface area contributed by atoms with Crippen molar-refractivity contribution in [2.75, 3.05) is 47.4 Å². The van der Waals surface area contributed by atoms with Gasteiger partial charge in [0.1, 0.15) is 17.9 Å². The van der Waals surface area contributed by atoms with E-state index < -0.39 is 5.60 Å². The van der Waals surface area contributed by atoms with E-state index in [0.29, 0.717) is 32.0 Å². The van der Waals surface area contributed by atoms with Crippen molar-refractivity contribution < 1.29 is 23.5 Å². The van der Waals surface area contributed by atoms with Crippen LogP contribution in [0.4, 0.5) is 4.79 Å². The molecule has 1 aliphatic heterocycles. The van der Waals surface area contributed by atoms with Gasteiger partial charge in [-0.1, -0.05) is 0 Å². The van der Waals surface area contributed by atoms with Gasteiger partial charge in [-0.2, -0.15) is 0 Å². The molecule has 10 heteroatoms. The van der Waals surface area contributed by atoms with E-state index >= 15 is 0 Å². The lowest BCUT2D eigenvalue weighted by Crippen LogP contribution is -2.50. The van der Waals surface area contributed by atoms with E-state index in [1.54, 1.807) is 32.4 Å². The minimum Gasteiger partial charge on any atom is -0.469 e. The average Bonchev–Trinajstić information content (AvgIpc) is 3.33. The molecule has 0 spiro atoms. The summed E-state index contributed by atoms with van der Waals surface area (Å²) in [4.78, 5) is 32.0. The van der Waals surface area contributed by atoms with E-state index in [9.17, 15) is 9.59 Å². The summed E-state index contributed by atoms with van der Waals surface area (Å²) in [5.41, 5.74) is -0.572. The third-order valence-electron chi connectivity index (χ3n) is 4.66. The highest BCUT2D eigenvalue weighted by Gasteiger charge is 2.37. The third-order valence-corrected chi connectivity index (χ3v) is 4.66. The molecule has 10 nitrogen and oxygen atoms in total. The van der Waals surface area contributed by atoms with Crippen LogP contribution in [0.1, 0.15) is 26.5 Å². The van der Waals surface area contributed by atoms with Gasteiger partial charge in [0.05, 0.1) is 25.0 Å². The Bertz CT molecular complexity index is 742. The lowest BCUT2D eigenvalue weighted by atomic mass is 10.2. The Morgan fingerprint density at radius 1 is 1.32 bits per heavy atom. The molecule has 31 heavy (non-hydrogen) atoms. The summed E-state index contributed by atoms with van der Waals surface area (Å²) in [5, 5.41) is 6.53. The van der Waals surface area contributed by atoms with Crippen LogP contribution in [0.25, 0.3) is 0 Å². The molecule has 2 amide bonds. The van der Waals surface area contributed by atoms with Crippen molar-refractivity contribution >= 4 is 18.0 Å². The number of nitrogens with zero attached hydrogens (tertiary/aromatic N) is 3. The van der Waals surface area contributed by atoms with Crippen molar-refractivity contribution in [3.05, 3.63) is 24.2 Å². The van der Waals surface area contributed by atoms with Crippen molar-refractivity contribution in [3.8, 4) is 0 Å². The molecule has 0 bridgehead atoms. The predicted molar refractivity (Wildman–Crippen MR) is 117 cm³/mol. The number of hydrogen-bond donors (Lipinski definition) is 2. The van der Waals surface area contributed by atoms with E-state index in [-0.39, 0.29) is 30.7 Å². The van der Waals surface area contributed by atoms with Gasteiger partial charge in [0.2, 0.25) is 5.91 Å². The summed E-state index contributed by atoms with van der Waals surface area (Å²) in [6.07, 6.45) is 1.67.